The van der Waals surface area contributed by atoms with Gasteiger partial charge in [0.2, 0.25) is 0 Å². The van der Waals surface area contributed by atoms with Gasteiger partial charge in [0.15, 0.2) is 5.13 Å². The SMILES string of the molecule is CCCNc1nc(N)c(C(=O)NCc2ccoc2)s1. The second-order valence-corrected chi connectivity index (χ2v) is 4.97. The highest BCUT2D eigenvalue weighted by molar-refractivity contribution is 7.18. The monoisotopic (exact) mass is 280 g/mol. The molecule has 0 aliphatic carbocycles. The van der Waals surface area contributed by atoms with Crippen molar-refractivity contribution in [3.05, 3.63) is 29.0 Å². The molecule has 0 unspecified atom stereocenters. The summed E-state index contributed by atoms with van der Waals surface area (Å²) < 4.78 is 4.93. The molecule has 0 radical (unpaired) electrons. The number of thiazole rings is 1. The zero-order valence-corrected chi connectivity index (χ0v) is 11.4. The molecule has 0 aliphatic heterocycles. The van der Waals surface area contributed by atoms with E-state index in [2.05, 4.69) is 22.5 Å². The third kappa shape index (κ3) is 3.47. The van der Waals surface area contributed by atoms with Crippen LogP contribution in [0.15, 0.2) is 23.0 Å². The van der Waals surface area contributed by atoms with E-state index in [1.807, 2.05) is 0 Å². The molecule has 1 amide bonds. The van der Waals surface area contributed by atoms with Crippen LogP contribution in [0.2, 0.25) is 0 Å². The summed E-state index contributed by atoms with van der Waals surface area (Å²) in [7, 11) is 0. The Labute approximate surface area is 115 Å². The van der Waals surface area contributed by atoms with E-state index >= 15 is 0 Å². The molecular formula is C12H16N4O2S. The quantitative estimate of drug-likeness (QED) is 0.753. The number of nitrogens with two attached hydrogens (primary N) is 1. The van der Waals surface area contributed by atoms with Gasteiger partial charge in [-0.05, 0) is 12.5 Å². The Balaban J connectivity index is 1.96. The Bertz CT molecular complexity index is 536. The molecule has 7 heteroatoms. The van der Waals surface area contributed by atoms with E-state index in [-0.39, 0.29) is 11.7 Å². The Kier molecular flexibility index (Phi) is 4.40. The van der Waals surface area contributed by atoms with Gasteiger partial charge in [-0.15, -0.1) is 0 Å². The van der Waals surface area contributed by atoms with Crippen LogP contribution < -0.4 is 16.4 Å². The van der Waals surface area contributed by atoms with Crippen molar-refractivity contribution < 1.29 is 9.21 Å². The molecule has 0 atom stereocenters. The summed E-state index contributed by atoms with van der Waals surface area (Å²) in [6.07, 6.45) is 4.14. The fourth-order valence-corrected chi connectivity index (χ4v) is 2.28. The highest BCUT2D eigenvalue weighted by Crippen LogP contribution is 2.24. The second-order valence-electron chi connectivity index (χ2n) is 3.97. The molecule has 2 rings (SSSR count). The van der Waals surface area contributed by atoms with Crippen molar-refractivity contribution in [3.8, 4) is 0 Å². The zero-order valence-electron chi connectivity index (χ0n) is 10.6. The fourth-order valence-electron chi connectivity index (χ4n) is 1.46. The van der Waals surface area contributed by atoms with Crippen LogP contribution in [0, 0.1) is 0 Å². The van der Waals surface area contributed by atoms with Gasteiger partial charge in [0.25, 0.3) is 5.91 Å². The van der Waals surface area contributed by atoms with Gasteiger partial charge in [-0.1, -0.05) is 18.3 Å². The van der Waals surface area contributed by atoms with Gasteiger partial charge in [0.05, 0.1) is 12.5 Å². The number of nitrogens with zero attached hydrogens (tertiary/aromatic N) is 1. The van der Waals surface area contributed by atoms with Gasteiger partial charge in [-0.2, -0.15) is 0 Å². The zero-order chi connectivity index (χ0) is 13.7. The minimum atomic E-state index is -0.222. The number of anilines is 2. The standard InChI is InChI=1S/C12H16N4O2S/c1-2-4-14-12-16-10(13)9(19-12)11(17)15-6-8-3-5-18-7-8/h3,5,7H,2,4,6,13H2,1H3,(H,14,16)(H,15,17). The first-order valence-electron chi connectivity index (χ1n) is 6.00. The smallest absolute Gasteiger partial charge is 0.265 e. The summed E-state index contributed by atoms with van der Waals surface area (Å²) in [5.41, 5.74) is 6.65. The topological polar surface area (TPSA) is 93.2 Å². The molecule has 0 spiro atoms. The maximum Gasteiger partial charge on any atom is 0.265 e. The van der Waals surface area contributed by atoms with Crippen molar-refractivity contribution in [2.24, 2.45) is 0 Å². The average Bonchev–Trinajstić information content (AvgIpc) is 3.03. The molecule has 0 saturated carbocycles. The summed E-state index contributed by atoms with van der Waals surface area (Å²) in [6.45, 7) is 3.27. The molecule has 6 nitrogen and oxygen atoms in total. The number of nitrogen functional groups attached to an aromatic ring is 1. The number of aromatic nitrogens is 1. The Morgan fingerprint density at radius 3 is 3.11 bits per heavy atom. The van der Waals surface area contributed by atoms with E-state index in [1.165, 1.54) is 11.3 Å². The number of rotatable bonds is 6. The van der Waals surface area contributed by atoms with Gasteiger partial charge in [0.1, 0.15) is 10.7 Å². The van der Waals surface area contributed by atoms with Crippen molar-refractivity contribution in [2.75, 3.05) is 17.6 Å². The van der Waals surface area contributed by atoms with Crippen LogP contribution in [0.4, 0.5) is 10.9 Å². The lowest BCUT2D eigenvalue weighted by molar-refractivity contribution is 0.0955. The molecule has 2 aromatic rings. The van der Waals surface area contributed by atoms with Crippen LogP contribution in [0.25, 0.3) is 0 Å². The maximum absolute atomic E-state index is 12.0. The lowest BCUT2D eigenvalue weighted by atomic mass is 10.3. The lowest BCUT2D eigenvalue weighted by Crippen LogP contribution is -2.22. The summed E-state index contributed by atoms with van der Waals surface area (Å²) >= 11 is 1.26. The second kappa shape index (κ2) is 6.24. The van der Waals surface area contributed by atoms with E-state index in [0.717, 1.165) is 18.5 Å². The van der Waals surface area contributed by atoms with Crippen molar-refractivity contribution >= 4 is 28.2 Å². The molecule has 0 saturated heterocycles. The molecule has 0 aliphatic rings. The molecule has 2 heterocycles. The summed E-state index contributed by atoms with van der Waals surface area (Å²) in [5, 5.41) is 6.56. The Hall–Kier alpha value is -2.02. The van der Waals surface area contributed by atoms with E-state index in [9.17, 15) is 4.79 Å². The summed E-state index contributed by atoms with van der Waals surface area (Å²) in [6, 6.07) is 1.80. The number of nitrogens with one attached hydrogen (secondary N) is 2. The first-order chi connectivity index (χ1) is 9.20. The third-order valence-electron chi connectivity index (χ3n) is 2.42. The van der Waals surface area contributed by atoms with E-state index < -0.39 is 0 Å². The van der Waals surface area contributed by atoms with Crippen LogP contribution in [-0.4, -0.2) is 17.4 Å². The largest absolute Gasteiger partial charge is 0.472 e. The van der Waals surface area contributed by atoms with Crippen molar-refractivity contribution in [2.45, 2.75) is 19.9 Å². The van der Waals surface area contributed by atoms with E-state index in [4.69, 9.17) is 10.2 Å². The molecule has 2 aromatic heterocycles. The molecule has 102 valence electrons. The predicted octanol–water partition coefficient (Wildman–Crippen LogP) is 2.07. The van der Waals surface area contributed by atoms with Gasteiger partial charge in [-0.25, -0.2) is 4.98 Å². The third-order valence-corrected chi connectivity index (χ3v) is 3.45. The predicted molar refractivity (Wildman–Crippen MR) is 75.2 cm³/mol. The number of furan rings is 1. The molecular weight excluding hydrogens is 264 g/mol. The number of hydrogen-bond acceptors (Lipinski definition) is 6. The molecule has 4 N–H and O–H groups in total. The maximum atomic E-state index is 12.0. The highest BCUT2D eigenvalue weighted by Gasteiger charge is 2.15. The average molecular weight is 280 g/mol. The summed E-state index contributed by atoms with van der Waals surface area (Å²) in [4.78, 5) is 16.5. The molecule has 0 fully saturated rings. The first kappa shape index (κ1) is 13.4. The number of amides is 1. The van der Waals surface area contributed by atoms with Crippen molar-refractivity contribution in [1.29, 1.82) is 0 Å². The van der Waals surface area contributed by atoms with Crippen molar-refractivity contribution in [1.82, 2.24) is 10.3 Å². The fraction of sp³-hybridized carbons (Fsp3) is 0.333. The van der Waals surface area contributed by atoms with Gasteiger partial charge in [0, 0.05) is 18.7 Å². The normalized spacial score (nSPS) is 10.4. The van der Waals surface area contributed by atoms with Crippen LogP contribution >= 0.6 is 11.3 Å². The minimum Gasteiger partial charge on any atom is -0.472 e. The van der Waals surface area contributed by atoms with Gasteiger partial charge in [-0.3, -0.25) is 4.79 Å². The first-order valence-corrected chi connectivity index (χ1v) is 6.81. The van der Waals surface area contributed by atoms with Crippen LogP contribution in [0.5, 0.6) is 0 Å². The molecule has 0 aromatic carbocycles. The van der Waals surface area contributed by atoms with Crippen LogP contribution in [-0.2, 0) is 6.54 Å². The van der Waals surface area contributed by atoms with Gasteiger partial charge < -0.3 is 20.8 Å². The highest BCUT2D eigenvalue weighted by atomic mass is 32.1. The Morgan fingerprint density at radius 1 is 1.58 bits per heavy atom. The number of carbonyl (C=O) groups is 1. The van der Waals surface area contributed by atoms with Crippen LogP contribution in [0.1, 0.15) is 28.6 Å². The van der Waals surface area contributed by atoms with Crippen molar-refractivity contribution in [3.63, 3.8) is 0 Å². The van der Waals surface area contributed by atoms with E-state index in [0.29, 0.717) is 16.6 Å². The Morgan fingerprint density at radius 2 is 2.42 bits per heavy atom. The number of hydrogen-bond donors (Lipinski definition) is 3. The lowest BCUT2D eigenvalue weighted by Gasteiger charge is -2.01. The minimum absolute atomic E-state index is 0.222. The van der Waals surface area contributed by atoms with Gasteiger partial charge >= 0.3 is 0 Å². The van der Waals surface area contributed by atoms with Crippen LogP contribution in [0.3, 0.4) is 0 Å². The molecule has 19 heavy (non-hydrogen) atoms. The molecule has 0 bridgehead atoms. The number of carbonyl (C=O) groups excluding carboxylic acids is 1. The van der Waals surface area contributed by atoms with E-state index in [1.54, 1.807) is 18.6 Å². The summed E-state index contributed by atoms with van der Waals surface area (Å²) in [5.74, 6) is 0.0362.